The molecule has 0 saturated carbocycles. The Bertz CT molecular complexity index is 2490. The van der Waals surface area contributed by atoms with Crippen LogP contribution >= 0.6 is 0 Å². The van der Waals surface area contributed by atoms with Crippen molar-refractivity contribution in [2.24, 2.45) is 0 Å². The summed E-state index contributed by atoms with van der Waals surface area (Å²) in [6.45, 7) is 0. The van der Waals surface area contributed by atoms with Crippen molar-refractivity contribution < 1.29 is 19.1 Å². The maximum Gasteiger partial charge on any atom is 0.306 e. The van der Waals surface area contributed by atoms with Gasteiger partial charge in [-0.3, -0.25) is 9.59 Å². The molecule has 2 aromatic heterocycles. The average Bonchev–Trinajstić information content (AvgIpc) is 3.57. The third-order valence-electron chi connectivity index (χ3n) is 11.7. The van der Waals surface area contributed by atoms with Crippen LogP contribution in [-0.2, 0) is 29.9 Å². The number of hydrogen-bond acceptors (Lipinski definition) is 6. The van der Waals surface area contributed by atoms with E-state index in [1.54, 1.807) is 0 Å². The van der Waals surface area contributed by atoms with Crippen molar-refractivity contribution in [2.75, 3.05) is 14.2 Å². The monoisotopic (exact) mass is 690 g/mol. The highest BCUT2D eigenvalue weighted by Gasteiger charge is 2.56. The molecule has 6 aromatic carbocycles. The molecule has 2 heterocycles. The van der Waals surface area contributed by atoms with Gasteiger partial charge in [0.1, 0.15) is 0 Å². The third kappa shape index (κ3) is 4.58. The Kier molecular flexibility index (Phi) is 6.83. The van der Waals surface area contributed by atoms with Gasteiger partial charge in [-0.1, -0.05) is 84.9 Å². The normalized spacial score (nSPS) is 18.2. The molecule has 0 fully saturated rings. The van der Waals surface area contributed by atoms with Crippen molar-refractivity contribution in [3.05, 3.63) is 156 Å². The highest BCUT2D eigenvalue weighted by atomic mass is 16.5. The van der Waals surface area contributed by atoms with Crippen LogP contribution in [0.1, 0.15) is 41.5 Å². The SMILES string of the molecule is COC(=O)CC1(CC2(CC(=O)OC)c3cc4ccccc4cc3-c3nc4ccccc4cc32)c2cc3ccccc3cc2-c2nc3ccccc3cc21. The highest BCUT2D eigenvalue weighted by molar-refractivity contribution is 5.99. The quantitative estimate of drug-likeness (QED) is 0.162. The first kappa shape index (κ1) is 31.3. The van der Waals surface area contributed by atoms with Crippen molar-refractivity contribution in [3.63, 3.8) is 0 Å². The largest absolute Gasteiger partial charge is 0.469 e. The number of methoxy groups -OCH3 is 2. The molecular formula is C47H34N2O4. The lowest BCUT2D eigenvalue weighted by atomic mass is 9.60. The summed E-state index contributed by atoms with van der Waals surface area (Å²) in [5, 5.41) is 6.25. The number of aromatic nitrogens is 2. The van der Waals surface area contributed by atoms with E-state index in [9.17, 15) is 9.59 Å². The number of nitrogens with zero attached hydrogens (tertiary/aromatic N) is 2. The van der Waals surface area contributed by atoms with Gasteiger partial charge in [-0.05, 0) is 98.8 Å². The first-order valence-corrected chi connectivity index (χ1v) is 17.9. The number of ether oxygens (including phenoxy) is 2. The molecule has 10 rings (SSSR count). The molecule has 6 nitrogen and oxygen atoms in total. The minimum absolute atomic E-state index is 0.0457. The van der Waals surface area contributed by atoms with Crippen LogP contribution < -0.4 is 0 Å². The molecule has 6 heteroatoms. The standard InChI is InChI=1S/C47H34N2O4/c1-52-42(50)25-46(36-21-30-13-5-3-11-28(30)19-34(36)44-38(46)23-32-15-7-9-17-40(32)48-44)27-47(26-43(51)53-2)37-22-31-14-6-4-12-29(31)20-35(37)45-39(47)24-33-16-8-10-18-41(33)49-45/h3-24H,25-27H2,1-2H3. The fourth-order valence-electron chi connectivity index (χ4n) is 9.37. The van der Waals surface area contributed by atoms with Gasteiger partial charge >= 0.3 is 11.9 Å². The van der Waals surface area contributed by atoms with Crippen molar-refractivity contribution in [1.29, 1.82) is 0 Å². The smallest absolute Gasteiger partial charge is 0.306 e. The van der Waals surface area contributed by atoms with E-state index in [1.165, 1.54) is 14.2 Å². The summed E-state index contributed by atoms with van der Waals surface area (Å²) in [6.07, 6.45) is 0.453. The molecule has 53 heavy (non-hydrogen) atoms. The lowest BCUT2D eigenvalue weighted by Gasteiger charge is -2.41. The molecule has 0 saturated heterocycles. The fraction of sp³-hybridized carbons (Fsp3) is 0.149. The number of pyridine rings is 2. The van der Waals surface area contributed by atoms with Crippen molar-refractivity contribution >= 4 is 55.3 Å². The molecule has 0 N–H and O–H groups in total. The zero-order chi connectivity index (χ0) is 35.9. The zero-order valence-corrected chi connectivity index (χ0v) is 29.4. The van der Waals surface area contributed by atoms with E-state index < -0.39 is 10.8 Å². The molecular weight excluding hydrogens is 657 g/mol. The molecule has 2 atom stereocenters. The number of carbonyl (C=O) groups excluding carboxylic acids is 2. The lowest BCUT2D eigenvalue weighted by molar-refractivity contribution is -0.142. The molecule has 0 bridgehead atoms. The topological polar surface area (TPSA) is 78.4 Å². The van der Waals surface area contributed by atoms with Gasteiger partial charge in [0, 0.05) is 32.7 Å². The molecule has 0 amide bonds. The van der Waals surface area contributed by atoms with Crippen LogP contribution in [0.2, 0.25) is 0 Å². The first-order valence-electron chi connectivity index (χ1n) is 17.9. The maximum atomic E-state index is 14.0. The summed E-state index contributed by atoms with van der Waals surface area (Å²) in [7, 11) is 2.89. The number of para-hydroxylation sites is 2. The molecule has 8 aromatic rings. The van der Waals surface area contributed by atoms with Gasteiger partial charge in [0.15, 0.2) is 0 Å². The minimum atomic E-state index is -0.955. The van der Waals surface area contributed by atoms with Crippen LogP contribution in [0.15, 0.2) is 133 Å². The summed E-state index contributed by atoms with van der Waals surface area (Å²) < 4.78 is 11.1. The van der Waals surface area contributed by atoms with Gasteiger partial charge < -0.3 is 9.47 Å². The van der Waals surface area contributed by atoms with Gasteiger partial charge in [0.25, 0.3) is 0 Å². The number of rotatable bonds is 6. The second-order valence-corrected chi connectivity index (χ2v) is 14.5. The van der Waals surface area contributed by atoms with E-state index in [-0.39, 0.29) is 24.8 Å². The summed E-state index contributed by atoms with van der Waals surface area (Å²) >= 11 is 0. The molecule has 256 valence electrons. The predicted octanol–water partition coefficient (Wildman–Crippen LogP) is 9.84. The second-order valence-electron chi connectivity index (χ2n) is 14.5. The summed E-state index contributed by atoms with van der Waals surface area (Å²) in [5.74, 6) is -0.682. The maximum absolute atomic E-state index is 14.0. The van der Waals surface area contributed by atoms with E-state index in [4.69, 9.17) is 19.4 Å². The van der Waals surface area contributed by atoms with E-state index in [0.29, 0.717) is 6.42 Å². The van der Waals surface area contributed by atoms with Crippen LogP contribution in [-0.4, -0.2) is 36.1 Å². The number of hydrogen-bond donors (Lipinski definition) is 0. The average molecular weight is 691 g/mol. The van der Waals surface area contributed by atoms with Crippen LogP contribution in [0.25, 0.3) is 65.9 Å². The van der Waals surface area contributed by atoms with Gasteiger partial charge in [0.2, 0.25) is 0 Å². The summed E-state index contributed by atoms with van der Waals surface area (Å²) in [4.78, 5) is 38.6. The highest BCUT2D eigenvalue weighted by Crippen LogP contribution is 2.62. The van der Waals surface area contributed by atoms with Crippen molar-refractivity contribution in [2.45, 2.75) is 30.1 Å². The Morgan fingerprint density at radius 3 is 1.21 bits per heavy atom. The number of fused-ring (bicyclic) bond motifs is 10. The Morgan fingerprint density at radius 1 is 0.472 bits per heavy atom. The number of carbonyl (C=O) groups is 2. The molecule has 0 aliphatic heterocycles. The van der Waals surface area contributed by atoms with Crippen molar-refractivity contribution in [1.82, 2.24) is 9.97 Å². The zero-order valence-electron chi connectivity index (χ0n) is 29.4. The Hall–Kier alpha value is -6.40. The van der Waals surface area contributed by atoms with E-state index in [2.05, 4.69) is 72.8 Å². The van der Waals surface area contributed by atoms with E-state index >= 15 is 0 Å². The van der Waals surface area contributed by atoms with Gasteiger partial charge in [0.05, 0.1) is 49.5 Å². The number of esters is 2. The molecule has 2 unspecified atom stereocenters. The van der Waals surface area contributed by atoms with Gasteiger partial charge in [-0.25, -0.2) is 9.97 Å². The Balaban J connectivity index is 1.35. The molecule has 0 radical (unpaired) electrons. The van der Waals surface area contributed by atoms with Crippen LogP contribution in [0.4, 0.5) is 0 Å². The third-order valence-corrected chi connectivity index (χ3v) is 11.7. The van der Waals surface area contributed by atoms with E-state index in [0.717, 1.165) is 88.1 Å². The Morgan fingerprint density at radius 2 is 0.811 bits per heavy atom. The summed E-state index contributed by atoms with van der Waals surface area (Å²) in [5.41, 5.74) is 7.37. The van der Waals surface area contributed by atoms with Crippen LogP contribution in [0.5, 0.6) is 0 Å². The second kappa shape index (κ2) is 11.6. The van der Waals surface area contributed by atoms with Crippen LogP contribution in [0, 0.1) is 0 Å². The van der Waals surface area contributed by atoms with Crippen LogP contribution in [0.3, 0.4) is 0 Å². The molecule has 2 aliphatic carbocycles. The van der Waals surface area contributed by atoms with Gasteiger partial charge in [-0.15, -0.1) is 0 Å². The molecule has 0 spiro atoms. The van der Waals surface area contributed by atoms with Crippen molar-refractivity contribution in [3.8, 4) is 22.5 Å². The first-order chi connectivity index (χ1) is 25.9. The number of benzene rings is 6. The predicted molar refractivity (Wildman–Crippen MR) is 209 cm³/mol. The summed E-state index contributed by atoms with van der Waals surface area (Å²) in [6, 6.07) is 46.1. The van der Waals surface area contributed by atoms with Gasteiger partial charge in [-0.2, -0.15) is 0 Å². The lowest BCUT2D eigenvalue weighted by Crippen LogP contribution is -2.41. The molecule has 2 aliphatic rings. The fourth-order valence-corrected chi connectivity index (χ4v) is 9.37. The van der Waals surface area contributed by atoms with E-state index in [1.807, 2.05) is 60.7 Å². The Labute approximate surface area is 306 Å². The minimum Gasteiger partial charge on any atom is -0.469 e.